The summed E-state index contributed by atoms with van der Waals surface area (Å²) in [6, 6.07) is 9.57. The third kappa shape index (κ3) is 4.55. The molecule has 0 fully saturated rings. The second-order valence-electron chi connectivity index (χ2n) is 7.91. The highest BCUT2D eigenvalue weighted by molar-refractivity contribution is 6.01. The molecule has 4 N–H and O–H groups in total. The fourth-order valence-electron chi connectivity index (χ4n) is 3.72. The minimum absolute atomic E-state index is 0.0935. The molecule has 0 saturated carbocycles. The highest BCUT2D eigenvalue weighted by Gasteiger charge is 2.31. The number of hydrogen-bond acceptors (Lipinski definition) is 7. The minimum atomic E-state index is -4.62. The molecule has 0 aliphatic rings. The maximum absolute atomic E-state index is 13.3. The first kappa shape index (κ1) is 24.2. The van der Waals surface area contributed by atoms with Gasteiger partial charge in [0.2, 0.25) is 0 Å². The van der Waals surface area contributed by atoms with Gasteiger partial charge in [-0.15, -0.1) is 10.2 Å². The molecule has 0 radical (unpaired) electrons. The molecule has 5 aromatic rings. The van der Waals surface area contributed by atoms with Crippen LogP contribution in [0.5, 0.6) is 0 Å². The number of fused-ring (bicyclic) bond motifs is 1. The van der Waals surface area contributed by atoms with Gasteiger partial charge in [-0.1, -0.05) is 0 Å². The Morgan fingerprint density at radius 1 is 0.974 bits per heavy atom. The van der Waals surface area contributed by atoms with Crippen LogP contribution in [-0.2, 0) is 6.18 Å². The number of carbonyl (C=O) groups is 1. The first-order valence-corrected chi connectivity index (χ1v) is 10.7. The van der Waals surface area contributed by atoms with Gasteiger partial charge in [0.15, 0.2) is 16.6 Å². The van der Waals surface area contributed by atoms with Gasteiger partial charge in [-0.25, -0.2) is 9.78 Å². The van der Waals surface area contributed by atoms with Crippen LogP contribution in [-0.4, -0.2) is 40.3 Å². The van der Waals surface area contributed by atoms with Crippen LogP contribution >= 0.6 is 0 Å². The van der Waals surface area contributed by atoms with E-state index in [2.05, 4.69) is 25.8 Å². The van der Waals surface area contributed by atoms with Crippen LogP contribution in [0.25, 0.3) is 22.4 Å². The molecule has 12 nitrogen and oxygen atoms in total. The summed E-state index contributed by atoms with van der Waals surface area (Å²) in [4.78, 5) is 28.9. The number of nitrogens with one attached hydrogen (secondary N) is 3. The molecule has 0 spiro atoms. The molecule has 0 saturated heterocycles. The van der Waals surface area contributed by atoms with Crippen LogP contribution < -0.4 is 21.6 Å². The van der Waals surface area contributed by atoms with E-state index in [4.69, 9.17) is 5.41 Å². The molecule has 0 aliphatic carbocycles. The molecule has 3 aromatic heterocycles. The fraction of sp³-hybridized carbons (Fsp3) is 0.0435. The molecule has 2 amide bonds. The standard InChI is InChI=1S/C23H16F3N9O3/c24-23(25,26)13-1-6-17(33-11-29-30-12-33)16(9-13)32-22(37)31-14-2-4-15(5-3-14)34-8-7-18(36)19-20(27)35(38)10-28-21(19)34/h1-12,27,38H,(H2,31,32,37). The number of rotatable bonds is 4. The molecule has 15 heteroatoms. The molecular weight excluding hydrogens is 507 g/mol. The minimum Gasteiger partial charge on any atom is -0.425 e. The topological polar surface area (TPSA) is 156 Å². The third-order valence-electron chi connectivity index (χ3n) is 5.50. The normalized spacial score (nSPS) is 11.4. The van der Waals surface area contributed by atoms with E-state index in [1.807, 2.05) is 0 Å². The van der Waals surface area contributed by atoms with Gasteiger partial charge >= 0.3 is 12.2 Å². The summed E-state index contributed by atoms with van der Waals surface area (Å²) in [5, 5.41) is 29.8. The average Bonchev–Trinajstić information content (AvgIpc) is 3.41. The number of halogens is 3. The number of anilines is 2. The second kappa shape index (κ2) is 9.20. The zero-order valence-electron chi connectivity index (χ0n) is 19.0. The van der Waals surface area contributed by atoms with Crippen LogP contribution in [0.2, 0.25) is 0 Å². The van der Waals surface area contributed by atoms with E-state index in [0.717, 1.165) is 18.5 Å². The van der Waals surface area contributed by atoms with Crippen molar-refractivity contribution in [2.45, 2.75) is 6.18 Å². The Morgan fingerprint density at radius 2 is 1.68 bits per heavy atom. The molecule has 192 valence electrons. The Balaban J connectivity index is 1.40. The van der Waals surface area contributed by atoms with E-state index in [1.54, 1.807) is 12.1 Å². The summed E-state index contributed by atoms with van der Waals surface area (Å²) in [5.74, 6) is 0. The molecule has 0 aliphatic heterocycles. The predicted molar refractivity (Wildman–Crippen MR) is 127 cm³/mol. The van der Waals surface area contributed by atoms with Crippen molar-refractivity contribution in [2.24, 2.45) is 0 Å². The number of pyridine rings is 1. The van der Waals surface area contributed by atoms with Crippen LogP contribution in [0, 0.1) is 5.41 Å². The smallest absolute Gasteiger partial charge is 0.416 e. The van der Waals surface area contributed by atoms with E-state index >= 15 is 0 Å². The zero-order chi connectivity index (χ0) is 27.0. The quantitative estimate of drug-likeness (QED) is 0.265. The molecule has 0 unspecified atom stereocenters. The maximum atomic E-state index is 13.3. The molecule has 2 aromatic carbocycles. The Kier molecular flexibility index (Phi) is 5.87. The van der Waals surface area contributed by atoms with Crippen molar-refractivity contribution in [3.05, 3.63) is 95.0 Å². The molecule has 38 heavy (non-hydrogen) atoms. The van der Waals surface area contributed by atoms with Gasteiger partial charge in [0, 0.05) is 23.6 Å². The van der Waals surface area contributed by atoms with E-state index < -0.39 is 28.7 Å². The van der Waals surface area contributed by atoms with Gasteiger partial charge in [-0.3, -0.25) is 14.8 Å². The summed E-state index contributed by atoms with van der Waals surface area (Å²) in [7, 11) is 0. The van der Waals surface area contributed by atoms with E-state index in [0.29, 0.717) is 16.1 Å². The zero-order valence-corrected chi connectivity index (χ0v) is 19.0. The third-order valence-corrected chi connectivity index (χ3v) is 5.50. The predicted octanol–water partition coefficient (Wildman–Crippen LogP) is 3.15. The first-order chi connectivity index (χ1) is 18.1. The fourth-order valence-corrected chi connectivity index (χ4v) is 3.72. The van der Waals surface area contributed by atoms with Crippen molar-refractivity contribution in [2.75, 3.05) is 10.6 Å². The van der Waals surface area contributed by atoms with Gasteiger partial charge in [0.05, 0.1) is 16.9 Å². The average molecular weight is 523 g/mol. The number of urea groups is 1. The van der Waals surface area contributed by atoms with Crippen LogP contribution in [0.3, 0.4) is 0 Å². The van der Waals surface area contributed by atoms with Crippen molar-refractivity contribution >= 4 is 28.4 Å². The van der Waals surface area contributed by atoms with E-state index in [-0.39, 0.29) is 22.4 Å². The Labute approximate surface area is 209 Å². The van der Waals surface area contributed by atoms with Gasteiger partial charge in [-0.2, -0.15) is 17.9 Å². The summed E-state index contributed by atoms with van der Waals surface area (Å²) in [5.41, 5.74) is -0.780. The number of nitrogens with zero attached hydrogens (tertiary/aromatic N) is 6. The molecule has 5 rings (SSSR count). The van der Waals surface area contributed by atoms with Gasteiger partial charge in [0.25, 0.3) is 0 Å². The lowest BCUT2D eigenvalue weighted by Crippen LogP contribution is -2.25. The van der Waals surface area contributed by atoms with Crippen LogP contribution in [0.15, 0.2) is 78.5 Å². The lowest BCUT2D eigenvalue weighted by Gasteiger charge is -2.15. The van der Waals surface area contributed by atoms with E-state index in [9.17, 15) is 28.0 Å². The number of amides is 2. The monoisotopic (exact) mass is 523 g/mol. The number of alkyl halides is 3. The van der Waals surface area contributed by atoms with Crippen molar-refractivity contribution in [1.82, 2.24) is 29.0 Å². The summed E-state index contributed by atoms with van der Waals surface area (Å²) in [6.07, 6.45) is 0.387. The lowest BCUT2D eigenvalue weighted by molar-refractivity contribution is -0.137. The van der Waals surface area contributed by atoms with Crippen molar-refractivity contribution in [3.63, 3.8) is 0 Å². The molecular formula is C23H16F3N9O3. The number of carbonyl (C=O) groups excluding carboxylic acids is 1. The lowest BCUT2D eigenvalue weighted by atomic mass is 10.1. The van der Waals surface area contributed by atoms with Crippen molar-refractivity contribution in [3.8, 4) is 11.4 Å². The van der Waals surface area contributed by atoms with Gasteiger partial charge in [-0.05, 0) is 42.5 Å². The summed E-state index contributed by atoms with van der Waals surface area (Å²) in [6.45, 7) is 0. The Bertz CT molecular complexity index is 1780. The second-order valence-corrected chi connectivity index (χ2v) is 7.91. The Morgan fingerprint density at radius 3 is 2.37 bits per heavy atom. The van der Waals surface area contributed by atoms with Gasteiger partial charge in [0.1, 0.15) is 24.4 Å². The molecule has 3 heterocycles. The van der Waals surface area contributed by atoms with Gasteiger partial charge < -0.3 is 20.4 Å². The number of benzene rings is 2. The maximum Gasteiger partial charge on any atom is 0.416 e. The Hall–Kier alpha value is -5.47. The first-order valence-electron chi connectivity index (χ1n) is 10.7. The van der Waals surface area contributed by atoms with Crippen LogP contribution in [0.1, 0.15) is 5.56 Å². The highest BCUT2D eigenvalue weighted by atomic mass is 19.4. The summed E-state index contributed by atoms with van der Waals surface area (Å²) < 4.78 is 43.1. The summed E-state index contributed by atoms with van der Waals surface area (Å²) >= 11 is 0. The van der Waals surface area contributed by atoms with Crippen molar-refractivity contribution < 1.29 is 23.2 Å². The SMILES string of the molecule is N=c1c2c(=O)ccn(-c3ccc(NC(=O)Nc4cc(C(F)(F)F)ccc4-n4cnnc4)cc3)c2ncn1O. The highest BCUT2D eigenvalue weighted by Crippen LogP contribution is 2.33. The molecule has 0 bridgehead atoms. The number of hydrogen-bond donors (Lipinski definition) is 4. The van der Waals surface area contributed by atoms with Crippen molar-refractivity contribution in [1.29, 1.82) is 5.41 Å². The number of aromatic nitrogens is 6. The van der Waals surface area contributed by atoms with E-state index in [1.165, 1.54) is 52.3 Å². The van der Waals surface area contributed by atoms with Crippen LogP contribution in [0.4, 0.5) is 29.3 Å². The molecule has 0 atom stereocenters. The largest absolute Gasteiger partial charge is 0.425 e.